The van der Waals surface area contributed by atoms with E-state index in [2.05, 4.69) is 5.32 Å². The zero-order valence-electron chi connectivity index (χ0n) is 9.73. The van der Waals surface area contributed by atoms with Gasteiger partial charge in [-0.15, -0.1) is 0 Å². The first-order chi connectivity index (χ1) is 7.99. The highest BCUT2D eigenvalue weighted by atomic mass is 16.5. The predicted molar refractivity (Wildman–Crippen MR) is 60.4 cm³/mol. The Kier molecular flexibility index (Phi) is 4.51. The molecule has 0 atom stereocenters. The zero-order chi connectivity index (χ0) is 12.8. The molecule has 17 heavy (non-hydrogen) atoms. The van der Waals surface area contributed by atoms with Gasteiger partial charge in [-0.3, -0.25) is 4.79 Å². The van der Waals surface area contributed by atoms with E-state index in [0.717, 1.165) is 0 Å². The highest BCUT2D eigenvalue weighted by Crippen LogP contribution is 2.16. The van der Waals surface area contributed by atoms with E-state index < -0.39 is 12.6 Å². The number of carbonyl (C=O) groups is 2. The zero-order valence-corrected chi connectivity index (χ0v) is 9.73. The van der Waals surface area contributed by atoms with Gasteiger partial charge in [-0.2, -0.15) is 0 Å². The van der Waals surface area contributed by atoms with Crippen LogP contribution in [-0.4, -0.2) is 18.5 Å². The molecular formula is C12H14NO4-. The van der Waals surface area contributed by atoms with Crippen molar-refractivity contribution in [2.45, 2.75) is 13.8 Å². The topological polar surface area (TPSA) is 78.5 Å². The molecule has 0 aliphatic rings. The number of amides is 1. The minimum Gasteiger partial charge on any atom is -0.546 e. The number of benzene rings is 1. The Hall–Kier alpha value is -2.04. The molecule has 1 amide bonds. The molecule has 92 valence electrons. The summed E-state index contributed by atoms with van der Waals surface area (Å²) in [5.41, 5.74) is 0.643. The van der Waals surface area contributed by atoms with Crippen LogP contribution in [0.5, 0.6) is 5.75 Å². The number of carboxylic acids is 1. The lowest BCUT2D eigenvalue weighted by Gasteiger charge is -2.09. The third-order valence-electron chi connectivity index (χ3n) is 2.00. The summed E-state index contributed by atoms with van der Waals surface area (Å²) < 4.78 is 4.90. The first-order valence-corrected chi connectivity index (χ1v) is 5.22. The van der Waals surface area contributed by atoms with Gasteiger partial charge in [-0.1, -0.05) is 13.8 Å². The summed E-state index contributed by atoms with van der Waals surface area (Å²) in [6.45, 7) is 3.11. The van der Waals surface area contributed by atoms with E-state index in [1.54, 1.807) is 38.1 Å². The Morgan fingerprint density at radius 1 is 1.29 bits per heavy atom. The van der Waals surface area contributed by atoms with E-state index >= 15 is 0 Å². The van der Waals surface area contributed by atoms with Crippen molar-refractivity contribution in [3.05, 3.63) is 24.3 Å². The third kappa shape index (κ3) is 4.55. The number of anilines is 1. The van der Waals surface area contributed by atoms with Gasteiger partial charge in [0.2, 0.25) is 5.91 Å². The molecule has 0 spiro atoms. The fraction of sp³-hybridized carbons (Fsp3) is 0.333. The fourth-order valence-electron chi connectivity index (χ4n) is 1.06. The second-order valence-electron chi connectivity index (χ2n) is 3.83. The fourth-order valence-corrected chi connectivity index (χ4v) is 1.06. The summed E-state index contributed by atoms with van der Waals surface area (Å²) >= 11 is 0. The number of ether oxygens (including phenoxy) is 1. The molecule has 0 fully saturated rings. The molecule has 0 radical (unpaired) electrons. The summed E-state index contributed by atoms with van der Waals surface area (Å²) in [5.74, 6) is -1.03. The number of hydrogen-bond acceptors (Lipinski definition) is 4. The highest BCUT2D eigenvalue weighted by Gasteiger charge is 2.06. The van der Waals surface area contributed by atoms with E-state index in [9.17, 15) is 14.7 Å². The summed E-state index contributed by atoms with van der Waals surface area (Å²) in [6, 6.07) is 6.45. The van der Waals surface area contributed by atoms with Crippen LogP contribution in [0, 0.1) is 5.92 Å². The van der Waals surface area contributed by atoms with Crippen LogP contribution < -0.4 is 15.2 Å². The molecule has 0 heterocycles. The van der Waals surface area contributed by atoms with E-state index in [1.165, 1.54) is 0 Å². The first-order valence-electron chi connectivity index (χ1n) is 5.22. The van der Waals surface area contributed by atoms with Crippen LogP contribution in [0.1, 0.15) is 13.8 Å². The van der Waals surface area contributed by atoms with Crippen molar-refractivity contribution >= 4 is 17.6 Å². The van der Waals surface area contributed by atoms with Gasteiger partial charge in [-0.05, 0) is 24.3 Å². The molecule has 1 aromatic carbocycles. The van der Waals surface area contributed by atoms with Crippen molar-refractivity contribution in [2.24, 2.45) is 5.92 Å². The average Bonchev–Trinajstić information content (AvgIpc) is 2.28. The van der Waals surface area contributed by atoms with E-state index in [1.807, 2.05) is 0 Å². The molecule has 1 N–H and O–H groups in total. The molecule has 0 aliphatic carbocycles. The monoisotopic (exact) mass is 236 g/mol. The number of rotatable bonds is 5. The van der Waals surface area contributed by atoms with Crippen molar-refractivity contribution in [3.63, 3.8) is 0 Å². The van der Waals surface area contributed by atoms with Gasteiger partial charge in [0, 0.05) is 11.6 Å². The van der Waals surface area contributed by atoms with E-state index in [4.69, 9.17) is 4.74 Å². The number of carboxylic acid groups (broad SMARTS) is 1. The lowest BCUT2D eigenvalue weighted by Crippen LogP contribution is -2.28. The van der Waals surface area contributed by atoms with E-state index in [0.29, 0.717) is 11.4 Å². The van der Waals surface area contributed by atoms with Crippen molar-refractivity contribution < 1.29 is 19.4 Å². The SMILES string of the molecule is CC(C)C(=O)Nc1ccc(OCC(=O)[O-])cc1. The normalized spacial score (nSPS) is 10.1. The summed E-state index contributed by atoms with van der Waals surface area (Å²) in [7, 11) is 0. The van der Waals surface area contributed by atoms with Crippen LogP contribution in [0.2, 0.25) is 0 Å². The Bertz CT molecular complexity index is 397. The Labute approximate surface area is 99.4 Å². The van der Waals surface area contributed by atoms with Gasteiger partial charge in [0.25, 0.3) is 0 Å². The number of nitrogens with one attached hydrogen (secondary N) is 1. The number of aliphatic carboxylic acids is 1. The Morgan fingerprint density at radius 3 is 2.35 bits per heavy atom. The van der Waals surface area contributed by atoms with Crippen LogP contribution in [0.3, 0.4) is 0 Å². The number of hydrogen-bond donors (Lipinski definition) is 1. The van der Waals surface area contributed by atoms with Gasteiger partial charge in [0.15, 0.2) is 0 Å². The molecule has 0 aromatic heterocycles. The van der Waals surface area contributed by atoms with Gasteiger partial charge in [0.05, 0.1) is 5.97 Å². The van der Waals surface area contributed by atoms with Crippen molar-refractivity contribution in [2.75, 3.05) is 11.9 Å². The van der Waals surface area contributed by atoms with E-state index in [-0.39, 0.29) is 11.8 Å². The maximum atomic E-state index is 11.4. The van der Waals surface area contributed by atoms with Gasteiger partial charge < -0.3 is 20.0 Å². The third-order valence-corrected chi connectivity index (χ3v) is 2.00. The maximum Gasteiger partial charge on any atom is 0.226 e. The molecule has 0 saturated carbocycles. The van der Waals surface area contributed by atoms with Crippen LogP contribution in [0.25, 0.3) is 0 Å². The smallest absolute Gasteiger partial charge is 0.226 e. The van der Waals surface area contributed by atoms with Crippen LogP contribution >= 0.6 is 0 Å². The largest absolute Gasteiger partial charge is 0.546 e. The minimum absolute atomic E-state index is 0.0756. The molecule has 5 heteroatoms. The lowest BCUT2D eigenvalue weighted by molar-refractivity contribution is -0.307. The predicted octanol–water partition coefficient (Wildman–Crippen LogP) is 0.410. The molecule has 0 bridgehead atoms. The molecule has 1 rings (SSSR count). The first kappa shape index (κ1) is 13.0. The lowest BCUT2D eigenvalue weighted by atomic mass is 10.2. The standard InChI is InChI=1S/C12H15NO4/c1-8(2)12(16)13-9-3-5-10(6-4-9)17-7-11(14)15/h3-6,8H,7H2,1-2H3,(H,13,16)(H,14,15)/p-1. The summed E-state index contributed by atoms with van der Waals surface area (Å²) in [5, 5.41) is 12.9. The van der Waals surface area contributed by atoms with Crippen molar-refractivity contribution in [1.82, 2.24) is 0 Å². The molecular weight excluding hydrogens is 222 g/mol. The average molecular weight is 236 g/mol. The van der Waals surface area contributed by atoms with Gasteiger partial charge >= 0.3 is 0 Å². The second-order valence-corrected chi connectivity index (χ2v) is 3.83. The molecule has 5 nitrogen and oxygen atoms in total. The summed E-state index contributed by atoms with van der Waals surface area (Å²) in [4.78, 5) is 21.6. The quantitative estimate of drug-likeness (QED) is 0.803. The van der Waals surface area contributed by atoms with Crippen molar-refractivity contribution in [3.8, 4) is 5.75 Å². The highest BCUT2D eigenvalue weighted by molar-refractivity contribution is 5.92. The maximum absolute atomic E-state index is 11.4. The Morgan fingerprint density at radius 2 is 1.88 bits per heavy atom. The van der Waals surface area contributed by atoms with Crippen LogP contribution in [0.15, 0.2) is 24.3 Å². The molecule has 0 saturated heterocycles. The van der Waals surface area contributed by atoms with Crippen molar-refractivity contribution in [1.29, 1.82) is 0 Å². The molecule has 0 aliphatic heterocycles. The van der Waals surface area contributed by atoms with Gasteiger partial charge in [0.1, 0.15) is 12.4 Å². The number of carbonyl (C=O) groups excluding carboxylic acids is 2. The van der Waals surface area contributed by atoms with Gasteiger partial charge in [-0.25, -0.2) is 0 Å². The molecule has 1 aromatic rings. The minimum atomic E-state index is -1.28. The van der Waals surface area contributed by atoms with Crippen LogP contribution in [0.4, 0.5) is 5.69 Å². The molecule has 0 unspecified atom stereocenters. The van der Waals surface area contributed by atoms with Crippen LogP contribution in [-0.2, 0) is 9.59 Å². The Balaban J connectivity index is 2.56. The second kappa shape index (κ2) is 5.89. The summed E-state index contributed by atoms with van der Waals surface area (Å²) in [6.07, 6.45) is 0.